The summed E-state index contributed by atoms with van der Waals surface area (Å²) in [6, 6.07) is 10.8. The number of nitrogens with one attached hydrogen (secondary N) is 1. The van der Waals surface area contributed by atoms with E-state index >= 15 is 0 Å². The Kier molecular flexibility index (Phi) is 6.91. The summed E-state index contributed by atoms with van der Waals surface area (Å²) in [7, 11) is 1.59. The van der Waals surface area contributed by atoms with Gasteiger partial charge < -0.3 is 10.1 Å². The zero-order chi connectivity index (χ0) is 18.4. The van der Waals surface area contributed by atoms with E-state index in [4.69, 9.17) is 16.3 Å². The second kappa shape index (κ2) is 8.92. The third-order valence-corrected chi connectivity index (χ3v) is 5.02. The zero-order valence-corrected chi connectivity index (χ0v) is 16.0. The lowest BCUT2D eigenvalue weighted by Gasteiger charge is -2.10. The van der Waals surface area contributed by atoms with E-state index in [1.807, 2.05) is 25.1 Å². The Labute approximate surface area is 156 Å². The van der Waals surface area contributed by atoms with Crippen LogP contribution in [0.5, 0.6) is 5.75 Å². The summed E-state index contributed by atoms with van der Waals surface area (Å²) in [6.07, 6.45) is 0. The normalized spacial score (nSPS) is 10.4. The molecule has 2 aromatic rings. The van der Waals surface area contributed by atoms with Crippen molar-refractivity contribution < 1.29 is 14.3 Å². The van der Waals surface area contributed by atoms with E-state index in [9.17, 15) is 9.59 Å². The molecule has 25 heavy (non-hydrogen) atoms. The van der Waals surface area contributed by atoms with Crippen LogP contribution in [0.4, 0.5) is 5.69 Å². The summed E-state index contributed by atoms with van der Waals surface area (Å²) < 4.78 is 5.32. The molecule has 1 amide bonds. The van der Waals surface area contributed by atoms with Gasteiger partial charge in [-0.25, -0.2) is 0 Å². The first-order valence-electron chi connectivity index (χ1n) is 7.72. The van der Waals surface area contributed by atoms with Crippen LogP contribution in [0.1, 0.15) is 28.4 Å². The van der Waals surface area contributed by atoms with Gasteiger partial charge >= 0.3 is 0 Å². The number of carbonyl (C=O) groups excluding carboxylic acids is 2. The lowest BCUT2D eigenvalue weighted by Crippen LogP contribution is -2.14. The molecule has 0 fully saturated rings. The number of halogens is 1. The molecule has 0 unspecified atom stereocenters. The fraction of sp³-hybridized carbons (Fsp3) is 0.263. The first kappa shape index (κ1) is 19.3. The molecule has 0 radical (unpaired) electrons. The number of aryl methyl sites for hydroxylation is 1. The zero-order valence-electron chi connectivity index (χ0n) is 14.4. The number of thioether (sulfide) groups is 1. The molecule has 0 aliphatic carbocycles. The van der Waals surface area contributed by atoms with Crippen LogP contribution in [0.25, 0.3) is 0 Å². The van der Waals surface area contributed by atoms with Crippen molar-refractivity contribution in [1.29, 1.82) is 0 Å². The first-order chi connectivity index (χ1) is 11.9. The number of Topliss-reactive ketones (excluding diaryl/α,β-unsaturated/α-hetero) is 1. The van der Waals surface area contributed by atoms with Gasteiger partial charge in [0.25, 0.3) is 0 Å². The predicted octanol–water partition coefficient (Wildman–Crippen LogP) is 4.73. The third-order valence-electron chi connectivity index (χ3n) is 3.63. The second-order valence-electron chi connectivity index (χ2n) is 5.59. The van der Waals surface area contributed by atoms with Crippen molar-refractivity contribution in [3.63, 3.8) is 0 Å². The number of ketones is 1. The van der Waals surface area contributed by atoms with E-state index in [1.54, 1.807) is 25.3 Å². The van der Waals surface area contributed by atoms with Crippen LogP contribution in [0.3, 0.4) is 0 Å². The first-order valence-corrected chi connectivity index (χ1v) is 9.25. The number of ether oxygens (including phenoxy) is 1. The summed E-state index contributed by atoms with van der Waals surface area (Å²) in [6.45, 7) is 3.44. The quantitative estimate of drug-likeness (QED) is 0.708. The van der Waals surface area contributed by atoms with Gasteiger partial charge in [0.2, 0.25) is 5.91 Å². The van der Waals surface area contributed by atoms with Crippen molar-refractivity contribution in [2.24, 2.45) is 0 Å². The molecule has 132 valence electrons. The van der Waals surface area contributed by atoms with Gasteiger partial charge in [0, 0.05) is 27.6 Å². The number of methoxy groups -OCH3 is 1. The highest BCUT2D eigenvalue weighted by Gasteiger charge is 2.09. The van der Waals surface area contributed by atoms with Gasteiger partial charge in [0.15, 0.2) is 5.78 Å². The highest BCUT2D eigenvalue weighted by atomic mass is 35.5. The molecule has 0 bridgehead atoms. The number of benzene rings is 2. The Bertz CT molecular complexity index is 792. The van der Waals surface area contributed by atoms with Crippen LogP contribution in [0.2, 0.25) is 5.02 Å². The molecule has 0 saturated carbocycles. The standard InChI is InChI=1S/C19H20ClNO3S/c1-12-4-6-16(9-17(12)20)21-19(23)11-25-10-15-8-14(13(2)22)5-7-18(15)24-3/h4-9H,10-11H2,1-3H3,(H,21,23). The van der Waals surface area contributed by atoms with Gasteiger partial charge in [0.1, 0.15) is 5.75 Å². The van der Waals surface area contributed by atoms with E-state index in [2.05, 4.69) is 5.32 Å². The lowest BCUT2D eigenvalue weighted by molar-refractivity contribution is -0.113. The average Bonchev–Trinajstić information content (AvgIpc) is 2.58. The van der Waals surface area contributed by atoms with E-state index in [-0.39, 0.29) is 11.7 Å². The number of carbonyl (C=O) groups is 2. The smallest absolute Gasteiger partial charge is 0.234 e. The maximum absolute atomic E-state index is 12.1. The Balaban J connectivity index is 1.93. The number of hydrogen-bond donors (Lipinski definition) is 1. The highest BCUT2D eigenvalue weighted by Crippen LogP contribution is 2.25. The van der Waals surface area contributed by atoms with Crippen molar-refractivity contribution >= 4 is 40.7 Å². The van der Waals surface area contributed by atoms with Gasteiger partial charge in [0.05, 0.1) is 12.9 Å². The fourth-order valence-electron chi connectivity index (χ4n) is 2.23. The van der Waals surface area contributed by atoms with Crippen molar-refractivity contribution in [1.82, 2.24) is 0 Å². The summed E-state index contributed by atoms with van der Waals surface area (Å²) in [5.41, 5.74) is 3.17. The van der Waals surface area contributed by atoms with Crippen molar-refractivity contribution in [2.75, 3.05) is 18.2 Å². The van der Waals surface area contributed by atoms with E-state index in [0.29, 0.717) is 33.5 Å². The third kappa shape index (κ3) is 5.51. The molecule has 4 nitrogen and oxygen atoms in total. The van der Waals surface area contributed by atoms with Crippen molar-refractivity contribution in [3.8, 4) is 5.75 Å². The van der Waals surface area contributed by atoms with Crippen LogP contribution >= 0.6 is 23.4 Å². The van der Waals surface area contributed by atoms with Crippen molar-refractivity contribution in [3.05, 3.63) is 58.1 Å². The van der Waals surface area contributed by atoms with Crippen LogP contribution in [-0.2, 0) is 10.5 Å². The van der Waals surface area contributed by atoms with Gasteiger partial charge in [-0.05, 0) is 49.7 Å². The minimum atomic E-state index is -0.105. The summed E-state index contributed by atoms with van der Waals surface area (Å²) >= 11 is 7.51. The molecular formula is C19H20ClNO3S. The van der Waals surface area contributed by atoms with Crippen LogP contribution in [-0.4, -0.2) is 24.6 Å². The molecular weight excluding hydrogens is 358 g/mol. The SMILES string of the molecule is COc1ccc(C(C)=O)cc1CSCC(=O)Nc1ccc(C)c(Cl)c1. The molecule has 0 heterocycles. The Morgan fingerprint density at radius 2 is 1.96 bits per heavy atom. The molecule has 0 saturated heterocycles. The van der Waals surface area contributed by atoms with Crippen LogP contribution in [0.15, 0.2) is 36.4 Å². The van der Waals surface area contributed by atoms with Gasteiger partial charge in [-0.2, -0.15) is 0 Å². The van der Waals surface area contributed by atoms with Gasteiger partial charge in [-0.1, -0.05) is 17.7 Å². The molecule has 0 spiro atoms. The Morgan fingerprint density at radius 1 is 1.20 bits per heavy atom. The summed E-state index contributed by atoms with van der Waals surface area (Å²) in [4.78, 5) is 23.6. The largest absolute Gasteiger partial charge is 0.496 e. The van der Waals surface area contributed by atoms with Crippen LogP contribution in [0, 0.1) is 6.92 Å². The molecule has 0 atom stereocenters. The molecule has 6 heteroatoms. The number of rotatable bonds is 7. The van der Waals surface area contributed by atoms with E-state index < -0.39 is 0 Å². The topological polar surface area (TPSA) is 55.4 Å². The lowest BCUT2D eigenvalue weighted by atomic mass is 10.1. The Hall–Kier alpha value is -1.98. The molecule has 0 aliphatic rings. The summed E-state index contributed by atoms with van der Waals surface area (Å²) in [5.74, 6) is 1.48. The summed E-state index contributed by atoms with van der Waals surface area (Å²) in [5, 5.41) is 3.45. The maximum Gasteiger partial charge on any atom is 0.234 e. The Morgan fingerprint density at radius 3 is 2.60 bits per heavy atom. The number of anilines is 1. The number of hydrogen-bond acceptors (Lipinski definition) is 4. The molecule has 2 rings (SSSR count). The molecule has 1 N–H and O–H groups in total. The minimum absolute atomic E-state index is 0.00268. The molecule has 2 aromatic carbocycles. The average molecular weight is 378 g/mol. The van der Waals surface area contributed by atoms with Gasteiger partial charge in [-0.3, -0.25) is 9.59 Å². The predicted molar refractivity (Wildman–Crippen MR) is 104 cm³/mol. The van der Waals surface area contributed by atoms with Crippen molar-refractivity contribution in [2.45, 2.75) is 19.6 Å². The molecule has 0 aliphatic heterocycles. The highest BCUT2D eigenvalue weighted by molar-refractivity contribution is 7.99. The maximum atomic E-state index is 12.1. The van der Waals surface area contributed by atoms with Crippen LogP contribution < -0.4 is 10.1 Å². The van der Waals surface area contributed by atoms with E-state index in [1.165, 1.54) is 18.7 Å². The van der Waals surface area contributed by atoms with E-state index in [0.717, 1.165) is 11.1 Å². The molecule has 0 aromatic heterocycles. The monoisotopic (exact) mass is 377 g/mol. The minimum Gasteiger partial charge on any atom is -0.496 e. The number of amides is 1. The second-order valence-corrected chi connectivity index (χ2v) is 6.98. The fourth-order valence-corrected chi connectivity index (χ4v) is 3.22. The van der Waals surface area contributed by atoms with Gasteiger partial charge in [-0.15, -0.1) is 11.8 Å².